The van der Waals surface area contributed by atoms with Crippen molar-refractivity contribution in [3.63, 3.8) is 0 Å². The van der Waals surface area contributed by atoms with E-state index in [0.717, 1.165) is 25.7 Å². The molecule has 116 valence electrons. The minimum Gasteiger partial charge on any atom is -0.481 e. The first-order valence-corrected chi connectivity index (χ1v) is 7.46. The summed E-state index contributed by atoms with van der Waals surface area (Å²) in [5, 5.41) is 11.9. The summed E-state index contributed by atoms with van der Waals surface area (Å²) in [6.07, 6.45) is 3.67. The lowest BCUT2D eigenvalue weighted by molar-refractivity contribution is -0.138. The molecule has 1 atom stereocenters. The van der Waals surface area contributed by atoms with Gasteiger partial charge in [0.1, 0.15) is 0 Å². The van der Waals surface area contributed by atoms with Crippen molar-refractivity contribution in [2.45, 2.75) is 58.9 Å². The van der Waals surface area contributed by atoms with E-state index in [1.807, 2.05) is 20.8 Å². The molecule has 0 spiro atoms. The highest BCUT2D eigenvalue weighted by atomic mass is 16.4. The molecule has 5 nitrogen and oxygen atoms in total. The van der Waals surface area contributed by atoms with Crippen LogP contribution in [0.3, 0.4) is 0 Å². The lowest BCUT2D eigenvalue weighted by atomic mass is 9.80. The van der Waals surface area contributed by atoms with Crippen molar-refractivity contribution in [3.05, 3.63) is 0 Å². The van der Waals surface area contributed by atoms with Crippen molar-refractivity contribution in [2.75, 3.05) is 6.54 Å². The Balaban J connectivity index is 2.56. The van der Waals surface area contributed by atoms with E-state index in [0.29, 0.717) is 12.5 Å². The average molecular weight is 284 g/mol. The van der Waals surface area contributed by atoms with Gasteiger partial charge in [-0.25, -0.2) is 0 Å². The maximum atomic E-state index is 12.3. The number of carboxylic acids is 1. The molecule has 1 fully saturated rings. The highest BCUT2D eigenvalue weighted by Crippen LogP contribution is 2.29. The molecule has 0 saturated heterocycles. The van der Waals surface area contributed by atoms with Crippen LogP contribution in [0.2, 0.25) is 0 Å². The molecule has 1 saturated carbocycles. The number of nitrogens with two attached hydrogens (primary N) is 1. The Hall–Kier alpha value is -1.10. The van der Waals surface area contributed by atoms with Crippen LogP contribution in [0.25, 0.3) is 0 Å². The molecule has 0 aromatic heterocycles. The van der Waals surface area contributed by atoms with Crippen molar-refractivity contribution < 1.29 is 14.7 Å². The molecular formula is C15H28N2O3. The number of carboxylic acid groups (broad SMARTS) is 1. The Morgan fingerprint density at radius 2 is 1.80 bits per heavy atom. The summed E-state index contributed by atoms with van der Waals surface area (Å²) in [7, 11) is 0. The van der Waals surface area contributed by atoms with Crippen LogP contribution >= 0.6 is 0 Å². The molecule has 1 rings (SSSR count). The molecule has 0 aromatic rings. The highest BCUT2D eigenvalue weighted by molar-refractivity contribution is 5.80. The van der Waals surface area contributed by atoms with E-state index in [1.54, 1.807) is 0 Å². The van der Waals surface area contributed by atoms with Crippen LogP contribution < -0.4 is 11.1 Å². The fraction of sp³-hybridized carbons (Fsp3) is 0.867. The van der Waals surface area contributed by atoms with Gasteiger partial charge in [-0.3, -0.25) is 9.59 Å². The molecule has 1 amide bonds. The third kappa shape index (κ3) is 5.12. The number of hydrogen-bond acceptors (Lipinski definition) is 3. The van der Waals surface area contributed by atoms with Gasteiger partial charge in [0.15, 0.2) is 0 Å². The van der Waals surface area contributed by atoms with Crippen molar-refractivity contribution in [1.82, 2.24) is 5.32 Å². The fourth-order valence-corrected chi connectivity index (χ4v) is 2.70. The van der Waals surface area contributed by atoms with Crippen LogP contribution in [-0.4, -0.2) is 29.6 Å². The summed E-state index contributed by atoms with van der Waals surface area (Å²) in [6, 6.07) is -0.334. The van der Waals surface area contributed by atoms with Gasteiger partial charge in [-0.15, -0.1) is 0 Å². The lowest BCUT2D eigenvalue weighted by Crippen LogP contribution is -2.47. The molecule has 1 unspecified atom stereocenters. The Labute approximate surface area is 121 Å². The van der Waals surface area contributed by atoms with E-state index < -0.39 is 5.97 Å². The van der Waals surface area contributed by atoms with Crippen LogP contribution in [0.1, 0.15) is 52.9 Å². The Morgan fingerprint density at radius 3 is 2.20 bits per heavy atom. The van der Waals surface area contributed by atoms with Crippen molar-refractivity contribution in [1.29, 1.82) is 0 Å². The highest BCUT2D eigenvalue weighted by Gasteiger charge is 2.32. The lowest BCUT2D eigenvalue weighted by Gasteiger charge is -2.33. The number of carbonyl (C=O) groups is 2. The topological polar surface area (TPSA) is 92.4 Å². The normalized spacial score (nSPS) is 25.0. The standard InChI is InChI=1S/C15H28N2O3/c1-15(2,3)12(8-13(18)19)17-14(20)11-6-4-10(9-16)5-7-11/h10-12H,4-9,16H2,1-3H3,(H,17,20)(H,18,19). The van der Waals surface area contributed by atoms with E-state index in [-0.39, 0.29) is 29.7 Å². The summed E-state index contributed by atoms with van der Waals surface area (Å²) < 4.78 is 0. The average Bonchev–Trinajstić information content (AvgIpc) is 2.36. The van der Waals surface area contributed by atoms with Gasteiger partial charge in [0.25, 0.3) is 0 Å². The zero-order valence-electron chi connectivity index (χ0n) is 12.8. The number of carbonyl (C=O) groups excluding carboxylic acids is 1. The third-order valence-corrected chi connectivity index (χ3v) is 4.29. The summed E-state index contributed by atoms with van der Waals surface area (Å²) in [6.45, 7) is 6.54. The van der Waals surface area contributed by atoms with Gasteiger partial charge in [0, 0.05) is 12.0 Å². The van der Waals surface area contributed by atoms with Gasteiger partial charge in [-0.05, 0) is 43.6 Å². The van der Waals surface area contributed by atoms with Crippen LogP contribution in [0.15, 0.2) is 0 Å². The number of rotatable bonds is 5. The van der Waals surface area contributed by atoms with Gasteiger partial charge >= 0.3 is 5.97 Å². The number of nitrogens with one attached hydrogen (secondary N) is 1. The molecule has 5 heteroatoms. The fourth-order valence-electron chi connectivity index (χ4n) is 2.70. The van der Waals surface area contributed by atoms with Crippen molar-refractivity contribution >= 4 is 11.9 Å². The van der Waals surface area contributed by atoms with E-state index in [4.69, 9.17) is 10.8 Å². The summed E-state index contributed by atoms with van der Waals surface area (Å²) in [4.78, 5) is 23.2. The van der Waals surface area contributed by atoms with Crippen LogP contribution in [-0.2, 0) is 9.59 Å². The molecule has 4 N–H and O–H groups in total. The molecule has 0 heterocycles. The van der Waals surface area contributed by atoms with Crippen molar-refractivity contribution in [3.8, 4) is 0 Å². The Bertz CT molecular complexity index is 342. The molecule has 1 aliphatic carbocycles. The summed E-state index contributed by atoms with van der Waals surface area (Å²) in [5.41, 5.74) is 5.39. The summed E-state index contributed by atoms with van der Waals surface area (Å²) in [5.74, 6) is -0.327. The SMILES string of the molecule is CC(C)(C)C(CC(=O)O)NC(=O)C1CCC(CN)CC1. The van der Waals surface area contributed by atoms with Crippen molar-refractivity contribution in [2.24, 2.45) is 23.0 Å². The zero-order chi connectivity index (χ0) is 15.3. The maximum absolute atomic E-state index is 12.3. The quantitative estimate of drug-likeness (QED) is 0.717. The predicted molar refractivity (Wildman–Crippen MR) is 78.1 cm³/mol. The molecule has 0 radical (unpaired) electrons. The second-order valence-corrected chi connectivity index (χ2v) is 6.98. The molecular weight excluding hydrogens is 256 g/mol. The van der Waals surface area contributed by atoms with E-state index >= 15 is 0 Å². The molecule has 0 aromatic carbocycles. The smallest absolute Gasteiger partial charge is 0.305 e. The minimum absolute atomic E-state index is 0.00152. The molecule has 0 aliphatic heterocycles. The predicted octanol–water partition coefficient (Wildman–Crippen LogP) is 1.76. The van der Waals surface area contributed by atoms with Gasteiger partial charge in [-0.1, -0.05) is 20.8 Å². The van der Waals surface area contributed by atoms with E-state index in [9.17, 15) is 9.59 Å². The van der Waals surface area contributed by atoms with Crippen LogP contribution in [0.4, 0.5) is 0 Å². The molecule has 1 aliphatic rings. The summed E-state index contributed by atoms with van der Waals surface area (Å²) >= 11 is 0. The van der Waals surface area contributed by atoms with Crippen LogP contribution in [0.5, 0.6) is 0 Å². The zero-order valence-corrected chi connectivity index (χ0v) is 12.8. The molecule has 0 bridgehead atoms. The first-order valence-electron chi connectivity index (χ1n) is 7.46. The number of aliphatic carboxylic acids is 1. The number of hydrogen-bond donors (Lipinski definition) is 3. The van der Waals surface area contributed by atoms with E-state index in [1.165, 1.54) is 0 Å². The molecule has 20 heavy (non-hydrogen) atoms. The maximum Gasteiger partial charge on any atom is 0.305 e. The van der Waals surface area contributed by atoms with Gasteiger partial charge in [-0.2, -0.15) is 0 Å². The minimum atomic E-state index is -0.878. The monoisotopic (exact) mass is 284 g/mol. The first kappa shape index (κ1) is 17.0. The van der Waals surface area contributed by atoms with Gasteiger partial charge < -0.3 is 16.2 Å². The van der Waals surface area contributed by atoms with E-state index in [2.05, 4.69) is 5.32 Å². The Morgan fingerprint density at radius 1 is 1.25 bits per heavy atom. The third-order valence-electron chi connectivity index (χ3n) is 4.29. The second-order valence-electron chi connectivity index (χ2n) is 6.98. The second kappa shape index (κ2) is 7.07. The Kier molecular flexibility index (Phi) is 5.99. The van der Waals surface area contributed by atoms with Gasteiger partial charge in [0.05, 0.1) is 6.42 Å². The van der Waals surface area contributed by atoms with Crippen LogP contribution in [0, 0.1) is 17.3 Å². The first-order chi connectivity index (χ1) is 9.24. The largest absolute Gasteiger partial charge is 0.481 e. The number of amides is 1. The van der Waals surface area contributed by atoms with Gasteiger partial charge in [0.2, 0.25) is 5.91 Å².